The summed E-state index contributed by atoms with van der Waals surface area (Å²) in [7, 11) is -1.73. The fourth-order valence-corrected chi connectivity index (χ4v) is 3.80. The fourth-order valence-electron chi connectivity index (χ4n) is 1.63. The molecular formula is C12H14BrN3O2S. The van der Waals surface area contributed by atoms with Gasteiger partial charge < -0.3 is 4.57 Å². The Morgan fingerprint density at radius 1 is 1.42 bits per heavy atom. The summed E-state index contributed by atoms with van der Waals surface area (Å²) >= 11 is 3.28. The Kier molecular flexibility index (Phi) is 4.07. The van der Waals surface area contributed by atoms with Gasteiger partial charge in [0.25, 0.3) is 0 Å². The highest BCUT2D eigenvalue weighted by Crippen LogP contribution is 2.22. The zero-order valence-electron chi connectivity index (χ0n) is 10.6. The molecule has 0 aliphatic heterocycles. The van der Waals surface area contributed by atoms with Crippen LogP contribution in [0.1, 0.15) is 11.4 Å². The minimum absolute atomic E-state index is 0.159. The summed E-state index contributed by atoms with van der Waals surface area (Å²) in [5.74, 6) is 0.659. The van der Waals surface area contributed by atoms with E-state index >= 15 is 0 Å². The van der Waals surface area contributed by atoms with Gasteiger partial charge in [-0.1, -0.05) is 6.07 Å². The van der Waals surface area contributed by atoms with Crippen LogP contribution in [-0.4, -0.2) is 18.0 Å². The van der Waals surface area contributed by atoms with Gasteiger partial charge in [-0.3, -0.25) is 0 Å². The normalized spacial score (nSPS) is 11.7. The number of imidazole rings is 1. The lowest BCUT2D eigenvalue weighted by Gasteiger charge is -2.09. The van der Waals surface area contributed by atoms with Crippen LogP contribution < -0.4 is 4.72 Å². The first-order valence-electron chi connectivity index (χ1n) is 5.62. The van der Waals surface area contributed by atoms with Gasteiger partial charge in [-0.25, -0.2) is 18.1 Å². The van der Waals surface area contributed by atoms with E-state index in [0.717, 1.165) is 5.56 Å². The molecule has 102 valence electrons. The summed E-state index contributed by atoms with van der Waals surface area (Å²) in [5, 5.41) is 0. The summed E-state index contributed by atoms with van der Waals surface area (Å²) < 4.78 is 29.2. The summed E-state index contributed by atoms with van der Waals surface area (Å²) in [6, 6.07) is 5.12. The van der Waals surface area contributed by atoms with Crippen LogP contribution in [0.5, 0.6) is 0 Å². The van der Waals surface area contributed by atoms with Crippen molar-refractivity contribution in [1.82, 2.24) is 14.3 Å². The minimum atomic E-state index is -3.55. The summed E-state index contributed by atoms with van der Waals surface area (Å²) in [6.45, 7) is 2.06. The van der Waals surface area contributed by atoms with E-state index < -0.39 is 10.0 Å². The third-order valence-corrected chi connectivity index (χ3v) is 5.10. The Labute approximate surface area is 120 Å². The molecule has 2 aromatic rings. The molecule has 0 atom stereocenters. The van der Waals surface area contributed by atoms with Gasteiger partial charge in [0.2, 0.25) is 10.0 Å². The predicted molar refractivity (Wildman–Crippen MR) is 76.1 cm³/mol. The quantitative estimate of drug-likeness (QED) is 0.922. The molecule has 2 rings (SSSR count). The van der Waals surface area contributed by atoms with Crippen molar-refractivity contribution in [2.75, 3.05) is 0 Å². The molecule has 1 aromatic carbocycles. The number of aryl methyl sites for hydroxylation is 2. The number of nitrogens with one attached hydrogen (secondary N) is 1. The number of hydrogen-bond donors (Lipinski definition) is 1. The molecule has 19 heavy (non-hydrogen) atoms. The smallest absolute Gasteiger partial charge is 0.242 e. The van der Waals surface area contributed by atoms with Gasteiger partial charge in [0, 0.05) is 23.9 Å². The molecule has 7 heteroatoms. The van der Waals surface area contributed by atoms with Crippen LogP contribution in [0.4, 0.5) is 0 Å². The molecule has 1 N–H and O–H groups in total. The lowest BCUT2D eigenvalue weighted by atomic mass is 10.2. The standard InChI is InChI=1S/C12H14BrN3O2S/c1-9-3-4-11(10(13)7-9)19(17,18)15-8-12-14-5-6-16(12)2/h3-7,15H,8H2,1-2H3. The number of hydrogen-bond acceptors (Lipinski definition) is 3. The second kappa shape index (κ2) is 5.44. The van der Waals surface area contributed by atoms with Gasteiger partial charge in [0.05, 0.1) is 11.4 Å². The summed E-state index contributed by atoms with van der Waals surface area (Å²) in [4.78, 5) is 4.30. The van der Waals surface area contributed by atoms with Crippen LogP contribution in [0.2, 0.25) is 0 Å². The fraction of sp³-hybridized carbons (Fsp3) is 0.250. The van der Waals surface area contributed by atoms with Crippen LogP contribution in [0.25, 0.3) is 0 Å². The van der Waals surface area contributed by atoms with Gasteiger partial charge in [0.1, 0.15) is 5.82 Å². The van der Waals surface area contributed by atoms with E-state index in [9.17, 15) is 8.42 Å². The molecule has 0 amide bonds. The van der Waals surface area contributed by atoms with Crippen molar-refractivity contribution in [2.45, 2.75) is 18.4 Å². The Morgan fingerprint density at radius 3 is 2.74 bits per heavy atom. The highest BCUT2D eigenvalue weighted by molar-refractivity contribution is 9.10. The average Bonchev–Trinajstić information content (AvgIpc) is 2.72. The lowest BCUT2D eigenvalue weighted by Crippen LogP contribution is -2.25. The molecule has 0 radical (unpaired) electrons. The van der Waals surface area contributed by atoms with E-state index in [0.29, 0.717) is 10.3 Å². The van der Waals surface area contributed by atoms with Crippen molar-refractivity contribution in [2.24, 2.45) is 7.05 Å². The van der Waals surface area contributed by atoms with E-state index in [1.165, 1.54) is 0 Å². The van der Waals surface area contributed by atoms with E-state index in [1.54, 1.807) is 35.2 Å². The van der Waals surface area contributed by atoms with Crippen molar-refractivity contribution < 1.29 is 8.42 Å². The van der Waals surface area contributed by atoms with Crippen molar-refractivity contribution in [1.29, 1.82) is 0 Å². The Balaban J connectivity index is 2.21. The highest BCUT2D eigenvalue weighted by Gasteiger charge is 2.17. The van der Waals surface area contributed by atoms with Crippen LogP contribution >= 0.6 is 15.9 Å². The number of sulfonamides is 1. The largest absolute Gasteiger partial charge is 0.337 e. The molecule has 0 fully saturated rings. The topological polar surface area (TPSA) is 64.0 Å². The van der Waals surface area contributed by atoms with Crippen LogP contribution in [0.3, 0.4) is 0 Å². The molecule has 5 nitrogen and oxygen atoms in total. The molecule has 0 saturated carbocycles. The zero-order chi connectivity index (χ0) is 14.0. The summed E-state index contributed by atoms with van der Waals surface area (Å²) in [5.41, 5.74) is 0.995. The molecule has 0 saturated heterocycles. The van der Waals surface area contributed by atoms with Gasteiger partial charge in [0.15, 0.2) is 0 Å². The van der Waals surface area contributed by atoms with Crippen molar-refractivity contribution in [3.63, 3.8) is 0 Å². The zero-order valence-corrected chi connectivity index (χ0v) is 13.0. The van der Waals surface area contributed by atoms with Gasteiger partial charge in [-0.2, -0.15) is 0 Å². The van der Waals surface area contributed by atoms with Crippen LogP contribution in [0.15, 0.2) is 40.0 Å². The SMILES string of the molecule is Cc1ccc(S(=O)(=O)NCc2nccn2C)c(Br)c1. The van der Waals surface area contributed by atoms with Gasteiger partial charge in [-0.05, 0) is 40.5 Å². The average molecular weight is 344 g/mol. The third kappa shape index (κ3) is 3.23. The molecule has 0 aliphatic carbocycles. The number of rotatable bonds is 4. The molecule has 0 spiro atoms. The number of nitrogens with zero attached hydrogens (tertiary/aromatic N) is 2. The highest BCUT2D eigenvalue weighted by atomic mass is 79.9. The molecule has 0 bridgehead atoms. The monoisotopic (exact) mass is 343 g/mol. The molecule has 1 heterocycles. The molecule has 1 aromatic heterocycles. The first kappa shape index (κ1) is 14.2. The second-order valence-corrected chi connectivity index (χ2v) is 6.80. The summed E-state index contributed by atoms with van der Waals surface area (Å²) in [6.07, 6.45) is 3.40. The molecule has 0 aliphatic rings. The van der Waals surface area contributed by atoms with E-state index in [1.807, 2.05) is 14.0 Å². The lowest BCUT2D eigenvalue weighted by molar-refractivity contribution is 0.577. The maximum absolute atomic E-state index is 12.2. The van der Waals surface area contributed by atoms with Gasteiger partial charge >= 0.3 is 0 Å². The van der Waals surface area contributed by atoms with E-state index in [-0.39, 0.29) is 11.4 Å². The first-order valence-corrected chi connectivity index (χ1v) is 7.90. The van der Waals surface area contributed by atoms with Crippen molar-refractivity contribution in [3.05, 3.63) is 46.5 Å². The van der Waals surface area contributed by atoms with Gasteiger partial charge in [-0.15, -0.1) is 0 Å². The Hall–Kier alpha value is -1.18. The van der Waals surface area contributed by atoms with Crippen LogP contribution in [-0.2, 0) is 23.6 Å². The molecule has 0 unspecified atom stereocenters. The first-order chi connectivity index (χ1) is 8.90. The van der Waals surface area contributed by atoms with Crippen LogP contribution in [0, 0.1) is 6.92 Å². The Morgan fingerprint density at radius 2 is 2.16 bits per heavy atom. The van der Waals surface area contributed by atoms with Crippen molar-refractivity contribution in [3.8, 4) is 0 Å². The van der Waals surface area contributed by atoms with Crippen molar-refractivity contribution >= 4 is 26.0 Å². The van der Waals surface area contributed by atoms with E-state index in [2.05, 4.69) is 25.6 Å². The third-order valence-electron chi connectivity index (χ3n) is 2.72. The Bertz CT molecular complexity index is 695. The number of halogens is 1. The molecular weight excluding hydrogens is 330 g/mol. The number of benzene rings is 1. The second-order valence-electron chi connectivity index (χ2n) is 4.21. The predicted octanol–water partition coefficient (Wildman–Crippen LogP) is 1.97. The maximum atomic E-state index is 12.2. The minimum Gasteiger partial charge on any atom is -0.337 e. The van der Waals surface area contributed by atoms with E-state index in [4.69, 9.17) is 0 Å². The maximum Gasteiger partial charge on any atom is 0.242 e. The number of aromatic nitrogens is 2.